The minimum atomic E-state index is -0.571. The van der Waals surface area contributed by atoms with Crippen molar-refractivity contribution < 1.29 is 9.72 Å². The average molecular weight is 324 g/mol. The molecule has 0 saturated carbocycles. The van der Waals surface area contributed by atoms with Crippen molar-refractivity contribution in [1.29, 1.82) is 0 Å². The molecule has 2 aromatic rings. The summed E-state index contributed by atoms with van der Waals surface area (Å²) in [4.78, 5) is 26.9. The van der Waals surface area contributed by atoms with E-state index in [4.69, 9.17) is 11.6 Å². The molecule has 0 aliphatic rings. The predicted octanol–water partition coefficient (Wildman–Crippen LogP) is 3.67. The number of aromatic nitrogens is 1. The maximum absolute atomic E-state index is 11.7. The summed E-state index contributed by atoms with van der Waals surface area (Å²) in [5.41, 5.74) is 0.311. The lowest BCUT2D eigenvalue weighted by molar-refractivity contribution is -0.384. The van der Waals surface area contributed by atoms with E-state index in [9.17, 15) is 14.9 Å². The fourth-order valence-corrected chi connectivity index (χ4v) is 2.36. The largest absolute Gasteiger partial charge is 0.298 e. The Morgan fingerprint density at radius 3 is 2.90 bits per heavy atom. The lowest BCUT2D eigenvalue weighted by Crippen LogP contribution is -2.07. The highest BCUT2D eigenvalue weighted by atomic mass is 35.5. The third-order valence-corrected chi connectivity index (χ3v) is 3.59. The van der Waals surface area contributed by atoms with Crippen molar-refractivity contribution in [3.05, 3.63) is 56.0 Å². The number of amides is 1. The number of nitrogens with one attached hydrogen (secondary N) is 1. The number of carbonyl (C=O) groups is 1. The molecule has 0 radical (unpaired) electrons. The number of nitro groups is 1. The second-order valence-corrected chi connectivity index (χ2v) is 5.71. The average Bonchev–Trinajstić information content (AvgIpc) is 2.82. The minimum Gasteiger partial charge on any atom is -0.298 e. The van der Waals surface area contributed by atoms with Gasteiger partial charge in [0.15, 0.2) is 5.13 Å². The molecule has 0 saturated heterocycles. The molecule has 21 heavy (non-hydrogen) atoms. The van der Waals surface area contributed by atoms with E-state index < -0.39 is 4.92 Å². The normalized spacial score (nSPS) is 10.8. The first-order chi connectivity index (χ1) is 9.95. The molecule has 2 rings (SSSR count). The molecule has 1 aromatic heterocycles. The van der Waals surface area contributed by atoms with Gasteiger partial charge < -0.3 is 0 Å². The summed E-state index contributed by atoms with van der Waals surface area (Å²) in [6.45, 7) is 1.88. The SMILES string of the molecule is Cc1cnc(NC(=O)/C=C/c2ccc(Cl)c([N+](=O)[O-])c2)s1. The van der Waals surface area contributed by atoms with Gasteiger partial charge in [-0.25, -0.2) is 4.98 Å². The molecule has 0 bridgehead atoms. The minimum absolute atomic E-state index is 0.0554. The Bertz CT molecular complexity index is 727. The highest BCUT2D eigenvalue weighted by Gasteiger charge is 2.11. The molecule has 1 heterocycles. The van der Waals surface area contributed by atoms with Gasteiger partial charge in [-0.2, -0.15) is 0 Å². The van der Waals surface area contributed by atoms with Crippen LogP contribution in [-0.4, -0.2) is 15.8 Å². The maximum atomic E-state index is 11.7. The third-order valence-electron chi connectivity index (χ3n) is 2.45. The van der Waals surface area contributed by atoms with E-state index in [0.29, 0.717) is 10.7 Å². The molecule has 1 N–H and O–H groups in total. The van der Waals surface area contributed by atoms with Crippen molar-refractivity contribution in [2.75, 3.05) is 5.32 Å². The van der Waals surface area contributed by atoms with E-state index in [0.717, 1.165) is 4.88 Å². The van der Waals surface area contributed by atoms with Gasteiger partial charge in [0.25, 0.3) is 5.69 Å². The van der Waals surface area contributed by atoms with Gasteiger partial charge in [0.1, 0.15) is 5.02 Å². The number of aryl methyl sites for hydroxylation is 1. The number of thiazole rings is 1. The molecule has 6 nitrogen and oxygen atoms in total. The van der Waals surface area contributed by atoms with Crippen LogP contribution >= 0.6 is 22.9 Å². The Morgan fingerprint density at radius 2 is 2.29 bits per heavy atom. The maximum Gasteiger partial charge on any atom is 0.288 e. The van der Waals surface area contributed by atoms with Gasteiger partial charge >= 0.3 is 0 Å². The first-order valence-electron chi connectivity index (χ1n) is 5.81. The number of rotatable bonds is 4. The van der Waals surface area contributed by atoms with Crippen LogP contribution in [0, 0.1) is 17.0 Å². The summed E-state index contributed by atoms with van der Waals surface area (Å²) in [6, 6.07) is 4.31. The van der Waals surface area contributed by atoms with Crippen LogP contribution in [0.15, 0.2) is 30.5 Å². The fraction of sp³-hybridized carbons (Fsp3) is 0.0769. The Kier molecular flexibility index (Phi) is 4.66. The molecular weight excluding hydrogens is 314 g/mol. The van der Waals surface area contributed by atoms with Crippen molar-refractivity contribution in [3.63, 3.8) is 0 Å². The summed E-state index contributed by atoms with van der Waals surface area (Å²) in [7, 11) is 0. The summed E-state index contributed by atoms with van der Waals surface area (Å²) in [6.07, 6.45) is 4.41. The van der Waals surface area contributed by atoms with Crippen molar-refractivity contribution in [2.45, 2.75) is 6.92 Å². The molecular formula is C13H10ClN3O3S. The number of anilines is 1. The zero-order chi connectivity index (χ0) is 15.4. The van der Waals surface area contributed by atoms with E-state index >= 15 is 0 Å². The summed E-state index contributed by atoms with van der Waals surface area (Å²) >= 11 is 7.07. The summed E-state index contributed by atoms with van der Waals surface area (Å²) in [5, 5.41) is 13.9. The van der Waals surface area contributed by atoms with Gasteiger partial charge in [0.05, 0.1) is 4.92 Å². The standard InChI is InChI=1S/C13H10ClN3O3S/c1-8-7-15-13(21-8)16-12(18)5-3-9-2-4-10(14)11(6-9)17(19)20/h2-7H,1H3,(H,15,16,18)/b5-3+. The number of carbonyl (C=O) groups excluding carboxylic acids is 1. The predicted molar refractivity (Wildman–Crippen MR) is 82.6 cm³/mol. The van der Waals surface area contributed by atoms with Crippen LogP contribution in [0.5, 0.6) is 0 Å². The first-order valence-corrected chi connectivity index (χ1v) is 7.00. The van der Waals surface area contributed by atoms with E-state index in [1.54, 1.807) is 12.3 Å². The molecule has 0 unspecified atom stereocenters. The molecule has 8 heteroatoms. The highest BCUT2D eigenvalue weighted by molar-refractivity contribution is 7.15. The van der Waals surface area contributed by atoms with Crippen LogP contribution in [0.4, 0.5) is 10.8 Å². The van der Waals surface area contributed by atoms with Gasteiger partial charge in [-0.05, 0) is 24.6 Å². The second kappa shape index (κ2) is 6.47. The van der Waals surface area contributed by atoms with E-state index in [1.807, 2.05) is 6.92 Å². The number of nitro benzene ring substituents is 1. The number of hydrogen-bond donors (Lipinski definition) is 1. The number of benzene rings is 1. The first kappa shape index (κ1) is 15.1. The number of halogens is 1. The van der Waals surface area contributed by atoms with Crippen LogP contribution in [0.1, 0.15) is 10.4 Å². The van der Waals surface area contributed by atoms with Gasteiger partial charge in [-0.1, -0.05) is 17.7 Å². The molecule has 0 atom stereocenters. The van der Waals surface area contributed by atoms with Gasteiger partial charge in [0.2, 0.25) is 5.91 Å². The van der Waals surface area contributed by atoms with Crippen LogP contribution in [0.25, 0.3) is 6.08 Å². The van der Waals surface area contributed by atoms with Crippen LogP contribution in [-0.2, 0) is 4.79 Å². The highest BCUT2D eigenvalue weighted by Crippen LogP contribution is 2.25. The lowest BCUT2D eigenvalue weighted by atomic mass is 10.2. The molecule has 0 fully saturated rings. The molecule has 108 valence electrons. The van der Waals surface area contributed by atoms with Crippen LogP contribution < -0.4 is 5.32 Å². The smallest absolute Gasteiger partial charge is 0.288 e. The van der Waals surface area contributed by atoms with Crippen LogP contribution in [0.2, 0.25) is 5.02 Å². The van der Waals surface area contributed by atoms with Gasteiger partial charge in [-0.3, -0.25) is 20.2 Å². The molecule has 1 aromatic carbocycles. The summed E-state index contributed by atoms with van der Waals surface area (Å²) in [5.74, 6) is -0.359. The van der Waals surface area contributed by atoms with Crippen molar-refractivity contribution >= 4 is 45.7 Å². The number of nitrogens with zero attached hydrogens (tertiary/aromatic N) is 2. The fourth-order valence-electron chi connectivity index (χ4n) is 1.50. The van der Waals surface area contributed by atoms with Crippen LogP contribution in [0.3, 0.4) is 0 Å². The van der Waals surface area contributed by atoms with Crippen molar-refractivity contribution in [2.24, 2.45) is 0 Å². The lowest BCUT2D eigenvalue weighted by Gasteiger charge is -1.98. The number of hydrogen-bond acceptors (Lipinski definition) is 5. The van der Waals surface area contributed by atoms with Gasteiger partial charge in [-0.15, -0.1) is 11.3 Å². The Labute approximate surface area is 129 Å². The molecule has 0 spiro atoms. The van der Waals surface area contributed by atoms with Crippen molar-refractivity contribution in [3.8, 4) is 0 Å². The summed E-state index contributed by atoms with van der Waals surface area (Å²) < 4.78 is 0. The van der Waals surface area contributed by atoms with E-state index in [-0.39, 0.29) is 16.6 Å². The molecule has 0 aliphatic carbocycles. The Hall–Kier alpha value is -2.25. The van der Waals surface area contributed by atoms with E-state index in [1.165, 1.54) is 35.6 Å². The van der Waals surface area contributed by atoms with Crippen molar-refractivity contribution in [1.82, 2.24) is 4.98 Å². The third kappa shape index (κ3) is 4.11. The molecule has 0 aliphatic heterocycles. The zero-order valence-corrected chi connectivity index (χ0v) is 12.4. The topological polar surface area (TPSA) is 85.1 Å². The zero-order valence-electron chi connectivity index (χ0n) is 10.9. The quantitative estimate of drug-likeness (QED) is 0.528. The Morgan fingerprint density at radius 1 is 1.52 bits per heavy atom. The van der Waals surface area contributed by atoms with E-state index in [2.05, 4.69) is 10.3 Å². The van der Waals surface area contributed by atoms with Gasteiger partial charge in [0, 0.05) is 23.2 Å². The molecule has 1 amide bonds. The second-order valence-electron chi connectivity index (χ2n) is 4.07. The monoisotopic (exact) mass is 323 g/mol. The Balaban J connectivity index is 2.08.